The van der Waals surface area contributed by atoms with Crippen LogP contribution in [0.4, 0.5) is 0 Å². The van der Waals surface area contributed by atoms with Crippen molar-refractivity contribution in [2.24, 2.45) is 0 Å². The van der Waals surface area contributed by atoms with Crippen molar-refractivity contribution in [1.82, 2.24) is 10.8 Å². The van der Waals surface area contributed by atoms with E-state index < -0.39 is 5.91 Å². The van der Waals surface area contributed by atoms with Crippen molar-refractivity contribution < 1.29 is 14.8 Å². The number of nitrogens with one attached hydrogen (secondary N) is 2. The zero-order valence-electron chi connectivity index (χ0n) is 14.0. The fourth-order valence-electron chi connectivity index (χ4n) is 2.47. The molecule has 0 bridgehead atoms. The summed E-state index contributed by atoms with van der Waals surface area (Å²) in [5.74, 6) is -0.663. The lowest BCUT2D eigenvalue weighted by molar-refractivity contribution is -0.115. The SMILES string of the molecule is Cc1ccc(C(=Cc2ccc(C(=O)NO)cc2)C(=O)NC2CC2)cc1. The van der Waals surface area contributed by atoms with Gasteiger partial charge in [-0.05, 0) is 49.1 Å². The molecule has 0 aromatic heterocycles. The Balaban J connectivity index is 1.92. The zero-order chi connectivity index (χ0) is 17.8. The van der Waals surface area contributed by atoms with Crippen molar-refractivity contribution in [1.29, 1.82) is 0 Å². The number of carbonyl (C=O) groups is 2. The number of aryl methyl sites for hydroxylation is 1. The lowest BCUT2D eigenvalue weighted by Crippen LogP contribution is -2.26. The highest BCUT2D eigenvalue weighted by Gasteiger charge is 2.25. The van der Waals surface area contributed by atoms with E-state index in [1.54, 1.807) is 29.7 Å². The number of rotatable bonds is 5. The van der Waals surface area contributed by atoms with E-state index in [0.29, 0.717) is 11.1 Å². The van der Waals surface area contributed by atoms with Crippen molar-refractivity contribution >= 4 is 23.5 Å². The molecule has 2 amide bonds. The number of hydrogen-bond donors (Lipinski definition) is 3. The van der Waals surface area contributed by atoms with E-state index in [2.05, 4.69) is 5.32 Å². The molecule has 3 rings (SSSR count). The summed E-state index contributed by atoms with van der Waals surface area (Å²) in [6, 6.07) is 14.8. The molecule has 0 heterocycles. The first-order valence-electron chi connectivity index (χ1n) is 8.21. The second-order valence-corrected chi connectivity index (χ2v) is 6.23. The molecule has 0 aliphatic heterocycles. The molecule has 25 heavy (non-hydrogen) atoms. The number of benzene rings is 2. The van der Waals surface area contributed by atoms with Gasteiger partial charge < -0.3 is 5.32 Å². The fourth-order valence-corrected chi connectivity index (χ4v) is 2.47. The lowest BCUT2D eigenvalue weighted by atomic mass is 10.00. The molecule has 2 aromatic rings. The van der Waals surface area contributed by atoms with Crippen LogP contribution in [0, 0.1) is 6.92 Å². The van der Waals surface area contributed by atoms with Crippen LogP contribution in [0.15, 0.2) is 48.5 Å². The summed E-state index contributed by atoms with van der Waals surface area (Å²) in [6.45, 7) is 2.00. The summed E-state index contributed by atoms with van der Waals surface area (Å²) in [4.78, 5) is 24.0. The molecule has 0 saturated heterocycles. The van der Waals surface area contributed by atoms with Crippen molar-refractivity contribution in [2.45, 2.75) is 25.8 Å². The molecule has 1 fully saturated rings. The van der Waals surface area contributed by atoms with Crippen LogP contribution in [-0.2, 0) is 4.79 Å². The van der Waals surface area contributed by atoms with E-state index in [0.717, 1.165) is 29.5 Å². The summed E-state index contributed by atoms with van der Waals surface area (Å²) in [5.41, 5.74) is 5.32. The van der Waals surface area contributed by atoms with Gasteiger partial charge in [0.25, 0.3) is 11.8 Å². The Kier molecular flexibility index (Phi) is 4.95. The minimum absolute atomic E-state index is 0.0940. The highest BCUT2D eigenvalue weighted by molar-refractivity contribution is 6.24. The van der Waals surface area contributed by atoms with Gasteiger partial charge in [0.05, 0.1) is 0 Å². The highest BCUT2D eigenvalue weighted by atomic mass is 16.5. The monoisotopic (exact) mass is 336 g/mol. The Morgan fingerprint density at radius 3 is 2.16 bits per heavy atom. The molecule has 1 aliphatic carbocycles. The maximum absolute atomic E-state index is 12.6. The molecule has 5 nitrogen and oxygen atoms in total. The molecule has 128 valence electrons. The lowest BCUT2D eigenvalue weighted by Gasteiger charge is -2.10. The van der Waals surface area contributed by atoms with E-state index >= 15 is 0 Å². The van der Waals surface area contributed by atoms with Gasteiger partial charge in [-0.1, -0.05) is 42.0 Å². The van der Waals surface area contributed by atoms with Crippen LogP contribution in [0.2, 0.25) is 0 Å². The molecule has 1 saturated carbocycles. The normalized spacial score (nSPS) is 14.1. The van der Waals surface area contributed by atoms with Gasteiger partial charge in [-0.3, -0.25) is 14.8 Å². The Morgan fingerprint density at radius 1 is 1.00 bits per heavy atom. The van der Waals surface area contributed by atoms with Crippen molar-refractivity contribution in [3.63, 3.8) is 0 Å². The summed E-state index contributed by atoms with van der Waals surface area (Å²) < 4.78 is 0. The standard InChI is InChI=1S/C20H20N2O3/c1-13-2-6-15(7-3-13)18(20(24)21-17-10-11-17)12-14-4-8-16(9-5-14)19(23)22-25/h2-9,12,17,25H,10-11H2,1H3,(H,21,24)(H,22,23). The largest absolute Gasteiger partial charge is 0.349 e. The molecule has 1 aliphatic rings. The minimum Gasteiger partial charge on any atom is -0.349 e. The second-order valence-electron chi connectivity index (χ2n) is 6.23. The first-order chi connectivity index (χ1) is 12.1. The maximum atomic E-state index is 12.6. The molecule has 0 unspecified atom stereocenters. The molecule has 2 aromatic carbocycles. The quantitative estimate of drug-likeness (QED) is 0.340. The fraction of sp³-hybridized carbons (Fsp3) is 0.200. The molecular weight excluding hydrogens is 316 g/mol. The number of hydroxylamine groups is 1. The predicted molar refractivity (Wildman–Crippen MR) is 95.9 cm³/mol. The zero-order valence-corrected chi connectivity index (χ0v) is 14.0. The maximum Gasteiger partial charge on any atom is 0.274 e. The smallest absolute Gasteiger partial charge is 0.274 e. The van der Waals surface area contributed by atoms with Gasteiger partial charge in [-0.15, -0.1) is 0 Å². The topological polar surface area (TPSA) is 78.4 Å². The highest BCUT2D eigenvalue weighted by Crippen LogP contribution is 2.24. The number of hydrogen-bond acceptors (Lipinski definition) is 3. The van der Waals surface area contributed by atoms with Crippen LogP contribution >= 0.6 is 0 Å². The van der Waals surface area contributed by atoms with Gasteiger partial charge in [0.1, 0.15) is 0 Å². The van der Waals surface area contributed by atoms with Crippen LogP contribution < -0.4 is 10.8 Å². The molecule has 0 spiro atoms. The Labute approximate surface area is 146 Å². The average Bonchev–Trinajstić information content (AvgIpc) is 3.44. The summed E-state index contributed by atoms with van der Waals surface area (Å²) in [7, 11) is 0. The van der Waals surface area contributed by atoms with Gasteiger partial charge in [0, 0.05) is 17.2 Å². The van der Waals surface area contributed by atoms with Crippen LogP contribution in [0.5, 0.6) is 0 Å². The number of amides is 2. The Hall–Kier alpha value is -2.92. The average molecular weight is 336 g/mol. The van der Waals surface area contributed by atoms with E-state index in [-0.39, 0.29) is 11.9 Å². The van der Waals surface area contributed by atoms with Crippen LogP contribution in [-0.4, -0.2) is 23.1 Å². The van der Waals surface area contributed by atoms with Gasteiger partial charge in [0.2, 0.25) is 0 Å². The molecule has 3 N–H and O–H groups in total. The van der Waals surface area contributed by atoms with Crippen molar-refractivity contribution in [3.8, 4) is 0 Å². The summed E-state index contributed by atoms with van der Waals surface area (Å²) >= 11 is 0. The van der Waals surface area contributed by atoms with Crippen LogP contribution in [0.25, 0.3) is 11.6 Å². The first kappa shape index (κ1) is 16.9. The first-order valence-corrected chi connectivity index (χ1v) is 8.21. The predicted octanol–water partition coefficient (Wildman–Crippen LogP) is 2.93. The molecular formula is C20H20N2O3. The molecule has 0 atom stereocenters. The van der Waals surface area contributed by atoms with E-state index in [4.69, 9.17) is 5.21 Å². The van der Waals surface area contributed by atoms with Crippen LogP contribution in [0.1, 0.15) is 39.9 Å². The third-order valence-electron chi connectivity index (χ3n) is 4.11. The van der Waals surface area contributed by atoms with E-state index in [1.165, 1.54) is 0 Å². The Bertz CT molecular complexity index is 804. The third kappa shape index (κ3) is 4.33. The minimum atomic E-state index is -0.569. The number of carbonyl (C=O) groups excluding carboxylic acids is 2. The van der Waals surface area contributed by atoms with Gasteiger partial charge >= 0.3 is 0 Å². The molecule has 0 radical (unpaired) electrons. The molecule has 5 heteroatoms. The van der Waals surface area contributed by atoms with Crippen molar-refractivity contribution in [2.75, 3.05) is 0 Å². The van der Waals surface area contributed by atoms with Gasteiger partial charge in [-0.2, -0.15) is 0 Å². The van der Waals surface area contributed by atoms with E-state index in [9.17, 15) is 9.59 Å². The second kappa shape index (κ2) is 7.32. The van der Waals surface area contributed by atoms with E-state index in [1.807, 2.05) is 37.3 Å². The third-order valence-corrected chi connectivity index (χ3v) is 4.11. The van der Waals surface area contributed by atoms with Gasteiger partial charge in [0.15, 0.2) is 0 Å². The van der Waals surface area contributed by atoms with Crippen LogP contribution in [0.3, 0.4) is 0 Å². The van der Waals surface area contributed by atoms with Gasteiger partial charge in [-0.25, -0.2) is 5.48 Å². The Morgan fingerprint density at radius 2 is 1.60 bits per heavy atom. The summed E-state index contributed by atoms with van der Waals surface area (Å²) in [6.07, 6.45) is 3.86. The summed E-state index contributed by atoms with van der Waals surface area (Å²) in [5, 5.41) is 11.7. The van der Waals surface area contributed by atoms with Crippen molar-refractivity contribution in [3.05, 3.63) is 70.8 Å².